The molecule has 1 saturated heterocycles. The van der Waals surface area contributed by atoms with E-state index in [1.807, 2.05) is 36.1 Å². The van der Waals surface area contributed by atoms with Gasteiger partial charge in [-0.1, -0.05) is 17.7 Å². The summed E-state index contributed by atoms with van der Waals surface area (Å²) in [5.41, 5.74) is 1.15. The van der Waals surface area contributed by atoms with Crippen molar-refractivity contribution >= 4 is 11.8 Å². The van der Waals surface area contributed by atoms with Crippen molar-refractivity contribution in [3.63, 3.8) is 0 Å². The zero-order valence-corrected chi connectivity index (χ0v) is 14.4. The highest BCUT2D eigenvalue weighted by atomic mass is 16.5. The summed E-state index contributed by atoms with van der Waals surface area (Å²) in [7, 11) is 1.59. The lowest BCUT2D eigenvalue weighted by Crippen LogP contribution is -2.47. The second kappa shape index (κ2) is 9.27. The molecule has 1 aliphatic heterocycles. The number of aryl methyl sites for hydroxylation is 1. The molecule has 0 spiro atoms. The Hall–Kier alpha value is -2.08. The average Bonchev–Trinajstić information content (AvgIpc) is 2.60. The van der Waals surface area contributed by atoms with Gasteiger partial charge in [-0.25, -0.2) is 0 Å². The maximum absolute atomic E-state index is 12.0. The van der Waals surface area contributed by atoms with Crippen molar-refractivity contribution in [3.8, 4) is 5.75 Å². The van der Waals surface area contributed by atoms with Crippen LogP contribution < -0.4 is 10.1 Å². The average molecular weight is 334 g/mol. The highest BCUT2D eigenvalue weighted by Crippen LogP contribution is 2.13. The minimum Gasteiger partial charge on any atom is -0.484 e. The molecule has 0 saturated carbocycles. The molecule has 132 valence electrons. The van der Waals surface area contributed by atoms with Crippen LogP contribution in [0.2, 0.25) is 0 Å². The number of piperidine rings is 1. The zero-order chi connectivity index (χ0) is 17.4. The SMILES string of the molecule is COCCC(=O)N1CCC(NC(=O)COc2ccc(C)cc2)CC1. The van der Waals surface area contributed by atoms with Gasteiger partial charge in [0.15, 0.2) is 6.61 Å². The van der Waals surface area contributed by atoms with Crippen LogP contribution in [0.3, 0.4) is 0 Å². The lowest BCUT2D eigenvalue weighted by Gasteiger charge is -2.32. The van der Waals surface area contributed by atoms with Crippen LogP contribution in [0.4, 0.5) is 0 Å². The molecule has 6 nitrogen and oxygen atoms in total. The van der Waals surface area contributed by atoms with Crippen LogP contribution in [0.25, 0.3) is 0 Å². The molecular weight excluding hydrogens is 308 g/mol. The molecule has 24 heavy (non-hydrogen) atoms. The van der Waals surface area contributed by atoms with Crippen molar-refractivity contribution in [2.24, 2.45) is 0 Å². The number of nitrogens with one attached hydrogen (secondary N) is 1. The van der Waals surface area contributed by atoms with Gasteiger partial charge in [0.2, 0.25) is 5.91 Å². The van der Waals surface area contributed by atoms with E-state index in [-0.39, 0.29) is 24.5 Å². The van der Waals surface area contributed by atoms with Gasteiger partial charge in [0.1, 0.15) is 5.75 Å². The van der Waals surface area contributed by atoms with Crippen molar-refractivity contribution in [1.29, 1.82) is 0 Å². The summed E-state index contributed by atoms with van der Waals surface area (Å²) in [6.45, 7) is 3.81. The maximum atomic E-state index is 12.0. The minimum absolute atomic E-state index is 0.00996. The highest BCUT2D eigenvalue weighted by Gasteiger charge is 2.23. The van der Waals surface area contributed by atoms with Crippen molar-refractivity contribution < 1.29 is 19.1 Å². The van der Waals surface area contributed by atoms with Crippen molar-refractivity contribution in [2.75, 3.05) is 33.4 Å². The normalized spacial score (nSPS) is 15.2. The fourth-order valence-electron chi connectivity index (χ4n) is 2.67. The van der Waals surface area contributed by atoms with E-state index in [0.29, 0.717) is 31.9 Å². The highest BCUT2D eigenvalue weighted by molar-refractivity contribution is 5.78. The number of hydrogen-bond acceptors (Lipinski definition) is 4. The van der Waals surface area contributed by atoms with E-state index < -0.39 is 0 Å². The van der Waals surface area contributed by atoms with Crippen LogP contribution in [0.15, 0.2) is 24.3 Å². The van der Waals surface area contributed by atoms with Crippen LogP contribution in [0.5, 0.6) is 5.75 Å². The van der Waals surface area contributed by atoms with Crippen LogP contribution in [-0.2, 0) is 14.3 Å². The van der Waals surface area contributed by atoms with Gasteiger partial charge in [-0.15, -0.1) is 0 Å². The minimum atomic E-state index is -0.125. The molecule has 1 fully saturated rings. The number of hydrogen-bond donors (Lipinski definition) is 1. The molecule has 6 heteroatoms. The Morgan fingerprint density at radius 3 is 2.50 bits per heavy atom. The fourth-order valence-corrected chi connectivity index (χ4v) is 2.67. The van der Waals surface area contributed by atoms with Gasteiger partial charge < -0.3 is 19.7 Å². The van der Waals surface area contributed by atoms with Gasteiger partial charge in [-0.3, -0.25) is 9.59 Å². The Balaban J connectivity index is 1.66. The summed E-state index contributed by atoms with van der Waals surface area (Å²) in [6, 6.07) is 7.71. The molecule has 0 aliphatic carbocycles. The monoisotopic (exact) mass is 334 g/mol. The van der Waals surface area contributed by atoms with Crippen LogP contribution in [-0.4, -0.2) is 56.2 Å². The molecule has 2 rings (SSSR count). The Bertz CT molecular complexity index is 536. The Kier molecular flexibility index (Phi) is 7.06. The van der Waals surface area contributed by atoms with Crippen LogP contribution >= 0.6 is 0 Å². The van der Waals surface area contributed by atoms with Crippen LogP contribution in [0, 0.1) is 6.92 Å². The molecule has 2 amide bonds. The predicted molar refractivity (Wildman–Crippen MR) is 90.9 cm³/mol. The topological polar surface area (TPSA) is 67.9 Å². The number of amides is 2. The second-order valence-electron chi connectivity index (χ2n) is 6.07. The number of rotatable bonds is 7. The number of likely N-dealkylation sites (tertiary alicyclic amines) is 1. The zero-order valence-electron chi connectivity index (χ0n) is 14.4. The standard InChI is InChI=1S/C18H26N2O4/c1-14-3-5-16(6-4-14)24-13-17(21)19-15-7-10-20(11-8-15)18(22)9-12-23-2/h3-6,15H,7-13H2,1-2H3,(H,19,21). The number of ether oxygens (including phenoxy) is 2. The molecule has 1 aromatic carbocycles. The van der Waals surface area contributed by atoms with Crippen molar-refractivity contribution in [3.05, 3.63) is 29.8 Å². The first-order chi connectivity index (χ1) is 11.6. The summed E-state index contributed by atoms with van der Waals surface area (Å²) in [6.07, 6.45) is 1.96. The van der Waals surface area contributed by atoms with E-state index in [0.717, 1.165) is 18.4 Å². The van der Waals surface area contributed by atoms with E-state index >= 15 is 0 Å². The van der Waals surface area contributed by atoms with Crippen molar-refractivity contribution in [2.45, 2.75) is 32.2 Å². The molecule has 0 aromatic heterocycles. The number of methoxy groups -OCH3 is 1. The Morgan fingerprint density at radius 1 is 1.21 bits per heavy atom. The molecule has 1 N–H and O–H groups in total. The molecule has 0 unspecified atom stereocenters. The lowest BCUT2D eigenvalue weighted by atomic mass is 10.0. The van der Waals surface area contributed by atoms with Crippen molar-refractivity contribution in [1.82, 2.24) is 10.2 Å². The first-order valence-corrected chi connectivity index (χ1v) is 8.34. The third-order valence-electron chi connectivity index (χ3n) is 4.12. The van der Waals surface area contributed by atoms with E-state index in [9.17, 15) is 9.59 Å². The quantitative estimate of drug-likeness (QED) is 0.821. The summed E-state index contributed by atoms with van der Waals surface area (Å²) in [5.74, 6) is 0.679. The molecule has 1 heterocycles. The van der Waals surface area contributed by atoms with E-state index in [4.69, 9.17) is 9.47 Å². The summed E-state index contributed by atoms with van der Waals surface area (Å²) >= 11 is 0. The maximum Gasteiger partial charge on any atom is 0.258 e. The summed E-state index contributed by atoms with van der Waals surface area (Å²) in [4.78, 5) is 25.7. The Labute approximate surface area is 143 Å². The lowest BCUT2D eigenvalue weighted by molar-refractivity contribution is -0.133. The summed E-state index contributed by atoms with van der Waals surface area (Å²) < 4.78 is 10.4. The summed E-state index contributed by atoms with van der Waals surface area (Å²) in [5, 5.41) is 2.98. The van der Waals surface area contributed by atoms with E-state index in [1.54, 1.807) is 7.11 Å². The van der Waals surface area contributed by atoms with Gasteiger partial charge in [-0.05, 0) is 31.9 Å². The fraction of sp³-hybridized carbons (Fsp3) is 0.556. The number of nitrogens with zero attached hydrogens (tertiary/aromatic N) is 1. The number of carbonyl (C=O) groups excluding carboxylic acids is 2. The first-order valence-electron chi connectivity index (χ1n) is 8.34. The van der Waals surface area contributed by atoms with E-state index in [2.05, 4.69) is 5.32 Å². The first kappa shape index (κ1) is 18.3. The van der Waals surface area contributed by atoms with Gasteiger partial charge in [-0.2, -0.15) is 0 Å². The molecular formula is C18H26N2O4. The number of carbonyl (C=O) groups is 2. The molecule has 0 bridgehead atoms. The van der Waals surface area contributed by atoms with Crippen LogP contribution in [0.1, 0.15) is 24.8 Å². The Morgan fingerprint density at radius 2 is 1.88 bits per heavy atom. The second-order valence-corrected chi connectivity index (χ2v) is 6.07. The van der Waals surface area contributed by atoms with Gasteiger partial charge in [0.05, 0.1) is 13.0 Å². The smallest absolute Gasteiger partial charge is 0.258 e. The van der Waals surface area contributed by atoms with E-state index in [1.165, 1.54) is 0 Å². The predicted octanol–water partition coefficient (Wildman–Crippen LogP) is 1.52. The van der Waals surface area contributed by atoms with Gasteiger partial charge >= 0.3 is 0 Å². The third-order valence-corrected chi connectivity index (χ3v) is 4.12. The molecule has 1 aliphatic rings. The third kappa shape index (κ3) is 5.85. The molecule has 0 radical (unpaired) electrons. The van der Waals surface area contributed by atoms with Gasteiger partial charge in [0, 0.05) is 26.2 Å². The molecule has 0 atom stereocenters. The molecule has 1 aromatic rings. The van der Waals surface area contributed by atoms with Gasteiger partial charge in [0.25, 0.3) is 5.91 Å². The largest absolute Gasteiger partial charge is 0.484 e. The number of benzene rings is 1.